The molecular formula is C12H12N2O3. The third-order valence-electron chi connectivity index (χ3n) is 2.19. The molecule has 2 aromatic rings. The van der Waals surface area contributed by atoms with E-state index in [4.69, 9.17) is 9.84 Å². The molecule has 1 heterocycles. The van der Waals surface area contributed by atoms with Crippen molar-refractivity contribution in [3.63, 3.8) is 0 Å². The van der Waals surface area contributed by atoms with E-state index in [2.05, 4.69) is 5.10 Å². The van der Waals surface area contributed by atoms with E-state index < -0.39 is 5.97 Å². The first kappa shape index (κ1) is 11.2. The summed E-state index contributed by atoms with van der Waals surface area (Å²) < 4.78 is 6.84. The Balaban J connectivity index is 2.48. The van der Waals surface area contributed by atoms with Crippen LogP contribution in [0.25, 0.3) is 5.69 Å². The minimum Gasteiger partial charge on any atom is -0.478 e. The molecule has 1 aromatic heterocycles. The Labute approximate surface area is 98.3 Å². The molecule has 0 saturated heterocycles. The molecule has 1 N–H and O–H groups in total. The van der Waals surface area contributed by atoms with E-state index in [1.807, 2.05) is 37.3 Å². The van der Waals surface area contributed by atoms with Gasteiger partial charge in [0.1, 0.15) is 0 Å². The van der Waals surface area contributed by atoms with Gasteiger partial charge in [-0.1, -0.05) is 18.2 Å². The largest absolute Gasteiger partial charge is 0.478 e. The van der Waals surface area contributed by atoms with Crippen molar-refractivity contribution in [2.75, 3.05) is 6.61 Å². The van der Waals surface area contributed by atoms with Gasteiger partial charge in [-0.05, 0) is 19.1 Å². The number of ether oxygens (including phenoxy) is 1. The van der Waals surface area contributed by atoms with Crippen LogP contribution in [0.4, 0.5) is 0 Å². The van der Waals surface area contributed by atoms with Gasteiger partial charge in [-0.25, -0.2) is 9.48 Å². The van der Waals surface area contributed by atoms with Gasteiger partial charge in [0.15, 0.2) is 5.69 Å². The highest BCUT2D eigenvalue weighted by molar-refractivity contribution is 5.85. The van der Waals surface area contributed by atoms with Crippen molar-refractivity contribution < 1.29 is 14.6 Å². The maximum absolute atomic E-state index is 10.9. The molecule has 0 spiro atoms. The Morgan fingerprint density at radius 2 is 2.12 bits per heavy atom. The first-order chi connectivity index (χ1) is 8.22. The lowest BCUT2D eigenvalue weighted by Crippen LogP contribution is -2.03. The molecule has 0 unspecified atom stereocenters. The summed E-state index contributed by atoms with van der Waals surface area (Å²) >= 11 is 0. The van der Waals surface area contributed by atoms with Crippen LogP contribution < -0.4 is 4.74 Å². The predicted molar refractivity (Wildman–Crippen MR) is 61.7 cm³/mol. The van der Waals surface area contributed by atoms with Gasteiger partial charge < -0.3 is 9.84 Å². The van der Waals surface area contributed by atoms with Crippen LogP contribution in [0, 0.1) is 0 Å². The lowest BCUT2D eigenvalue weighted by Gasteiger charge is -2.06. The van der Waals surface area contributed by atoms with Gasteiger partial charge in [0, 0.05) is 6.07 Å². The summed E-state index contributed by atoms with van der Waals surface area (Å²) in [7, 11) is 0. The number of carboxylic acid groups (broad SMARTS) is 1. The fraction of sp³-hybridized carbons (Fsp3) is 0.167. The van der Waals surface area contributed by atoms with Gasteiger partial charge in [0.2, 0.25) is 5.88 Å². The van der Waals surface area contributed by atoms with Crippen LogP contribution in [0.2, 0.25) is 0 Å². The van der Waals surface area contributed by atoms with Crippen LogP contribution in [0.15, 0.2) is 36.4 Å². The summed E-state index contributed by atoms with van der Waals surface area (Å²) in [6.45, 7) is 2.29. The molecule has 0 aliphatic carbocycles. The summed E-state index contributed by atoms with van der Waals surface area (Å²) in [5, 5.41) is 12.9. The van der Waals surface area contributed by atoms with Crippen molar-refractivity contribution in [2.45, 2.75) is 6.92 Å². The smallest absolute Gasteiger partial charge is 0.356 e. The molecule has 0 aliphatic rings. The number of aromatic carboxylic acids is 1. The summed E-state index contributed by atoms with van der Waals surface area (Å²) in [6.07, 6.45) is 0. The van der Waals surface area contributed by atoms with Crippen molar-refractivity contribution in [1.82, 2.24) is 9.78 Å². The second-order valence-electron chi connectivity index (χ2n) is 3.35. The van der Waals surface area contributed by atoms with Crippen molar-refractivity contribution in [3.05, 3.63) is 42.1 Å². The molecule has 17 heavy (non-hydrogen) atoms. The number of aromatic nitrogens is 2. The molecule has 0 saturated carbocycles. The minimum atomic E-state index is -1.07. The fourth-order valence-corrected chi connectivity index (χ4v) is 1.47. The number of carboxylic acids is 1. The molecule has 0 amide bonds. The van der Waals surface area contributed by atoms with Gasteiger partial charge in [-0.15, -0.1) is 0 Å². The monoisotopic (exact) mass is 232 g/mol. The van der Waals surface area contributed by atoms with E-state index in [9.17, 15) is 4.79 Å². The first-order valence-corrected chi connectivity index (χ1v) is 5.24. The zero-order valence-corrected chi connectivity index (χ0v) is 9.33. The van der Waals surface area contributed by atoms with Gasteiger partial charge in [0.05, 0.1) is 12.3 Å². The number of nitrogens with zero attached hydrogens (tertiary/aromatic N) is 2. The van der Waals surface area contributed by atoms with Crippen molar-refractivity contribution in [3.8, 4) is 11.6 Å². The fourth-order valence-electron chi connectivity index (χ4n) is 1.47. The zero-order chi connectivity index (χ0) is 12.3. The van der Waals surface area contributed by atoms with Crippen LogP contribution >= 0.6 is 0 Å². The number of hydrogen-bond acceptors (Lipinski definition) is 3. The highest BCUT2D eigenvalue weighted by Crippen LogP contribution is 2.19. The second-order valence-corrected chi connectivity index (χ2v) is 3.35. The van der Waals surface area contributed by atoms with E-state index in [0.29, 0.717) is 12.5 Å². The van der Waals surface area contributed by atoms with Gasteiger partial charge in [0.25, 0.3) is 0 Å². The van der Waals surface area contributed by atoms with Gasteiger partial charge >= 0.3 is 5.97 Å². The SMILES string of the molecule is CCOc1cc(C(=O)O)nn1-c1ccccc1. The Hall–Kier alpha value is -2.30. The summed E-state index contributed by atoms with van der Waals surface area (Å²) in [5.41, 5.74) is 0.737. The number of para-hydroxylation sites is 1. The normalized spacial score (nSPS) is 10.2. The Morgan fingerprint density at radius 1 is 1.41 bits per heavy atom. The topological polar surface area (TPSA) is 64.3 Å². The number of hydrogen-bond donors (Lipinski definition) is 1. The molecule has 0 fully saturated rings. The molecule has 0 bridgehead atoms. The first-order valence-electron chi connectivity index (χ1n) is 5.24. The van der Waals surface area contributed by atoms with Crippen LogP contribution in [0.5, 0.6) is 5.88 Å². The standard InChI is InChI=1S/C12H12N2O3/c1-2-17-11-8-10(12(15)16)13-14(11)9-6-4-3-5-7-9/h3-8H,2H2,1H3,(H,15,16). The maximum Gasteiger partial charge on any atom is 0.356 e. The van der Waals surface area contributed by atoms with Crippen LogP contribution in [0.3, 0.4) is 0 Å². The molecule has 5 nitrogen and oxygen atoms in total. The minimum absolute atomic E-state index is 0.0303. The number of rotatable bonds is 4. The van der Waals surface area contributed by atoms with Gasteiger partial charge in [-0.3, -0.25) is 0 Å². The molecule has 0 atom stereocenters. The van der Waals surface area contributed by atoms with E-state index >= 15 is 0 Å². The average Bonchev–Trinajstić information content (AvgIpc) is 2.75. The molecule has 2 rings (SSSR count). The average molecular weight is 232 g/mol. The maximum atomic E-state index is 10.9. The van der Waals surface area contributed by atoms with Crippen LogP contribution in [0.1, 0.15) is 17.4 Å². The molecule has 1 aromatic carbocycles. The van der Waals surface area contributed by atoms with E-state index in [-0.39, 0.29) is 5.69 Å². The van der Waals surface area contributed by atoms with Crippen molar-refractivity contribution >= 4 is 5.97 Å². The second kappa shape index (κ2) is 4.69. The van der Waals surface area contributed by atoms with E-state index in [1.165, 1.54) is 10.7 Å². The third kappa shape index (κ3) is 2.28. The van der Waals surface area contributed by atoms with Gasteiger partial charge in [-0.2, -0.15) is 5.10 Å². The Kier molecular flexibility index (Phi) is 3.09. The van der Waals surface area contributed by atoms with Crippen LogP contribution in [-0.2, 0) is 0 Å². The lowest BCUT2D eigenvalue weighted by atomic mass is 10.3. The molecular weight excluding hydrogens is 220 g/mol. The highest BCUT2D eigenvalue weighted by Gasteiger charge is 2.14. The highest BCUT2D eigenvalue weighted by atomic mass is 16.5. The molecule has 0 radical (unpaired) electrons. The van der Waals surface area contributed by atoms with E-state index in [0.717, 1.165) is 5.69 Å². The quantitative estimate of drug-likeness (QED) is 0.875. The van der Waals surface area contributed by atoms with Crippen molar-refractivity contribution in [2.24, 2.45) is 0 Å². The number of benzene rings is 1. The zero-order valence-electron chi connectivity index (χ0n) is 9.33. The Bertz CT molecular complexity index is 520. The molecule has 0 aliphatic heterocycles. The Morgan fingerprint density at radius 3 is 2.71 bits per heavy atom. The predicted octanol–water partition coefficient (Wildman–Crippen LogP) is 1.97. The molecule has 88 valence electrons. The van der Waals surface area contributed by atoms with Crippen molar-refractivity contribution in [1.29, 1.82) is 0 Å². The summed E-state index contributed by atoms with van der Waals surface area (Å²) in [6, 6.07) is 10.7. The van der Waals surface area contributed by atoms with Crippen LogP contribution in [-0.4, -0.2) is 27.5 Å². The molecule has 5 heteroatoms. The third-order valence-corrected chi connectivity index (χ3v) is 2.19. The summed E-state index contributed by atoms with van der Waals surface area (Å²) in [5.74, 6) is -0.642. The van der Waals surface area contributed by atoms with E-state index in [1.54, 1.807) is 0 Å². The summed E-state index contributed by atoms with van der Waals surface area (Å²) in [4.78, 5) is 10.9. The lowest BCUT2D eigenvalue weighted by molar-refractivity contribution is 0.0690. The number of carbonyl (C=O) groups is 1.